The van der Waals surface area contributed by atoms with Gasteiger partial charge < -0.3 is 4.57 Å². The van der Waals surface area contributed by atoms with Gasteiger partial charge in [-0.25, -0.2) is 13.8 Å². The number of sulfonamides is 1. The highest BCUT2D eigenvalue weighted by molar-refractivity contribution is 7.92. The lowest BCUT2D eigenvalue weighted by molar-refractivity contribution is -0.119. The summed E-state index contributed by atoms with van der Waals surface area (Å²) in [7, 11) is -4.04. The predicted octanol–water partition coefficient (Wildman–Crippen LogP) is 5.75. The highest BCUT2D eigenvalue weighted by atomic mass is 35.5. The molecule has 1 heterocycles. The fourth-order valence-electron chi connectivity index (χ4n) is 3.93. The number of hydrazone groups is 1. The van der Waals surface area contributed by atoms with E-state index in [0.29, 0.717) is 10.0 Å². The van der Waals surface area contributed by atoms with E-state index in [4.69, 9.17) is 23.2 Å². The van der Waals surface area contributed by atoms with Gasteiger partial charge in [-0.15, -0.1) is 0 Å². The molecule has 3 aromatic carbocycles. The standard InChI is InChI=1S/C27H24Cl2N4O3S/c1-19-15-21(20(2)33(19)26-14-7-6-13-25(26)29)17-30-31-27(34)18-32(23-10-8-9-22(28)16-23)37(35,36)24-11-4-3-5-12-24/h3-17H,18H2,1-2H3,(H,31,34)/b30-17+. The van der Waals surface area contributed by atoms with Crippen LogP contribution in [0.25, 0.3) is 5.69 Å². The Bertz CT molecular complexity index is 1570. The molecule has 0 saturated heterocycles. The first kappa shape index (κ1) is 26.5. The van der Waals surface area contributed by atoms with Gasteiger partial charge in [-0.05, 0) is 62.4 Å². The molecule has 0 spiro atoms. The van der Waals surface area contributed by atoms with Crippen LogP contribution in [0.5, 0.6) is 0 Å². The molecule has 0 bridgehead atoms. The average molecular weight is 555 g/mol. The third-order valence-electron chi connectivity index (χ3n) is 5.67. The molecular formula is C27H24Cl2N4O3S. The van der Waals surface area contributed by atoms with Crippen molar-refractivity contribution in [3.63, 3.8) is 0 Å². The third kappa shape index (κ3) is 5.88. The number of benzene rings is 3. The summed E-state index contributed by atoms with van der Waals surface area (Å²) < 4.78 is 29.7. The van der Waals surface area contributed by atoms with Crippen LogP contribution >= 0.6 is 23.2 Å². The Hall–Kier alpha value is -3.59. The van der Waals surface area contributed by atoms with E-state index in [1.54, 1.807) is 36.4 Å². The molecule has 4 rings (SSSR count). The number of para-hydroxylation sites is 1. The Morgan fingerprint density at radius 1 is 0.973 bits per heavy atom. The first-order chi connectivity index (χ1) is 17.7. The monoisotopic (exact) mass is 554 g/mol. The fraction of sp³-hybridized carbons (Fsp3) is 0.111. The largest absolute Gasteiger partial charge is 0.316 e. The summed E-state index contributed by atoms with van der Waals surface area (Å²) in [6, 6.07) is 23.6. The number of aromatic nitrogens is 1. The van der Waals surface area contributed by atoms with E-state index >= 15 is 0 Å². The van der Waals surface area contributed by atoms with Crippen LogP contribution in [-0.2, 0) is 14.8 Å². The quantitative estimate of drug-likeness (QED) is 0.222. The lowest BCUT2D eigenvalue weighted by Gasteiger charge is -2.23. The maximum Gasteiger partial charge on any atom is 0.264 e. The zero-order valence-electron chi connectivity index (χ0n) is 20.1. The SMILES string of the molecule is Cc1cc(/C=N/NC(=O)CN(c2cccc(Cl)c2)S(=O)(=O)c2ccccc2)c(C)n1-c1ccccc1Cl. The van der Waals surface area contributed by atoms with Gasteiger partial charge in [0.2, 0.25) is 0 Å². The maximum atomic E-state index is 13.4. The van der Waals surface area contributed by atoms with Crippen molar-refractivity contribution in [3.05, 3.63) is 112 Å². The highest BCUT2D eigenvalue weighted by Gasteiger charge is 2.27. The van der Waals surface area contributed by atoms with Gasteiger partial charge >= 0.3 is 0 Å². The molecule has 1 N–H and O–H groups in total. The lowest BCUT2D eigenvalue weighted by atomic mass is 10.2. The normalized spacial score (nSPS) is 11.6. The summed E-state index contributed by atoms with van der Waals surface area (Å²) in [5.41, 5.74) is 6.14. The topological polar surface area (TPSA) is 83.8 Å². The molecule has 1 amide bonds. The summed E-state index contributed by atoms with van der Waals surface area (Å²) in [5.74, 6) is -0.615. The Morgan fingerprint density at radius 2 is 1.68 bits per heavy atom. The van der Waals surface area contributed by atoms with Crippen LogP contribution in [0.1, 0.15) is 17.0 Å². The maximum absolute atomic E-state index is 13.4. The van der Waals surface area contributed by atoms with Gasteiger partial charge in [0.1, 0.15) is 6.54 Å². The summed E-state index contributed by atoms with van der Waals surface area (Å²) >= 11 is 12.5. The molecule has 0 aliphatic heterocycles. The molecule has 37 heavy (non-hydrogen) atoms. The molecule has 0 unspecified atom stereocenters. The molecule has 4 aromatic rings. The second kappa shape index (κ2) is 11.2. The summed E-state index contributed by atoms with van der Waals surface area (Å²) in [5, 5.41) is 5.03. The van der Waals surface area contributed by atoms with E-state index in [2.05, 4.69) is 10.5 Å². The van der Waals surface area contributed by atoms with Gasteiger partial charge in [0.15, 0.2) is 0 Å². The first-order valence-electron chi connectivity index (χ1n) is 11.3. The molecule has 190 valence electrons. The minimum absolute atomic E-state index is 0.0540. The number of carbonyl (C=O) groups is 1. The summed E-state index contributed by atoms with van der Waals surface area (Å²) in [4.78, 5) is 12.9. The molecule has 10 heteroatoms. The van der Waals surface area contributed by atoms with Crippen molar-refractivity contribution >= 4 is 51.0 Å². The van der Waals surface area contributed by atoms with Crippen molar-refractivity contribution < 1.29 is 13.2 Å². The summed E-state index contributed by atoms with van der Waals surface area (Å²) in [6.07, 6.45) is 1.52. The molecule has 0 aliphatic rings. The second-order valence-electron chi connectivity index (χ2n) is 8.21. The molecular weight excluding hydrogens is 531 g/mol. The van der Waals surface area contributed by atoms with Crippen molar-refractivity contribution in [3.8, 4) is 5.69 Å². The zero-order valence-corrected chi connectivity index (χ0v) is 22.4. The van der Waals surface area contributed by atoms with Gasteiger partial charge in [0.05, 0.1) is 27.5 Å². The van der Waals surface area contributed by atoms with Crippen LogP contribution in [0.2, 0.25) is 10.0 Å². The second-order valence-corrected chi connectivity index (χ2v) is 10.9. The Balaban J connectivity index is 1.55. The highest BCUT2D eigenvalue weighted by Crippen LogP contribution is 2.27. The van der Waals surface area contributed by atoms with Crippen LogP contribution in [0, 0.1) is 13.8 Å². The third-order valence-corrected chi connectivity index (χ3v) is 8.01. The molecule has 0 aliphatic carbocycles. The molecule has 0 saturated carbocycles. The molecule has 1 aromatic heterocycles. The molecule has 0 atom stereocenters. The first-order valence-corrected chi connectivity index (χ1v) is 13.5. The number of halogens is 2. The Kier molecular flexibility index (Phi) is 8.02. The van der Waals surface area contributed by atoms with Gasteiger partial charge in [-0.2, -0.15) is 5.10 Å². The van der Waals surface area contributed by atoms with E-state index in [1.807, 2.05) is 48.7 Å². The lowest BCUT2D eigenvalue weighted by Crippen LogP contribution is -2.39. The fourth-order valence-corrected chi connectivity index (χ4v) is 5.77. The Morgan fingerprint density at radius 3 is 2.38 bits per heavy atom. The van der Waals surface area contributed by atoms with Crippen LogP contribution in [0.15, 0.2) is 94.9 Å². The molecule has 0 fully saturated rings. The van der Waals surface area contributed by atoms with E-state index in [0.717, 1.165) is 26.9 Å². The predicted molar refractivity (Wildman–Crippen MR) is 148 cm³/mol. The van der Waals surface area contributed by atoms with Crippen molar-refractivity contribution in [1.82, 2.24) is 9.99 Å². The smallest absolute Gasteiger partial charge is 0.264 e. The number of nitrogens with zero attached hydrogens (tertiary/aromatic N) is 3. The number of amides is 1. The van der Waals surface area contributed by atoms with Crippen molar-refractivity contribution in [2.45, 2.75) is 18.7 Å². The number of nitrogens with one attached hydrogen (secondary N) is 1. The van der Waals surface area contributed by atoms with Gasteiger partial charge in [-0.3, -0.25) is 9.10 Å². The molecule has 0 radical (unpaired) electrons. The van der Waals surface area contributed by atoms with E-state index in [1.165, 1.54) is 24.4 Å². The number of anilines is 1. The number of hydrogen-bond acceptors (Lipinski definition) is 4. The van der Waals surface area contributed by atoms with Crippen LogP contribution in [0.4, 0.5) is 5.69 Å². The summed E-state index contributed by atoms with van der Waals surface area (Å²) in [6.45, 7) is 3.38. The van der Waals surface area contributed by atoms with Gasteiger partial charge in [0, 0.05) is 22.0 Å². The molecule has 7 nitrogen and oxygen atoms in total. The van der Waals surface area contributed by atoms with Crippen molar-refractivity contribution in [2.24, 2.45) is 5.10 Å². The minimum atomic E-state index is -4.04. The number of aryl methyl sites for hydroxylation is 1. The average Bonchev–Trinajstić information content (AvgIpc) is 3.16. The van der Waals surface area contributed by atoms with Crippen molar-refractivity contribution in [2.75, 3.05) is 10.8 Å². The van der Waals surface area contributed by atoms with Crippen LogP contribution in [0.3, 0.4) is 0 Å². The van der Waals surface area contributed by atoms with Crippen LogP contribution < -0.4 is 9.73 Å². The van der Waals surface area contributed by atoms with Crippen LogP contribution in [-0.4, -0.2) is 31.7 Å². The van der Waals surface area contributed by atoms with E-state index in [9.17, 15) is 13.2 Å². The number of rotatable bonds is 8. The van der Waals surface area contributed by atoms with Gasteiger partial charge in [-0.1, -0.05) is 59.6 Å². The van der Waals surface area contributed by atoms with E-state index in [-0.39, 0.29) is 10.6 Å². The van der Waals surface area contributed by atoms with Gasteiger partial charge in [0.25, 0.3) is 15.9 Å². The number of hydrogen-bond donors (Lipinski definition) is 1. The number of carbonyl (C=O) groups excluding carboxylic acids is 1. The van der Waals surface area contributed by atoms with E-state index < -0.39 is 22.5 Å². The Labute approximate surface area is 226 Å². The zero-order chi connectivity index (χ0) is 26.6. The minimum Gasteiger partial charge on any atom is -0.316 e. The van der Waals surface area contributed by atoms with Crippen molar-refractivity contribution in [1.29, 1.82) is 0 Å².